The molecule has 15 heavy (non-hydrogen) atoms. The maximum Gasteiger partial charge on any atom is 0.250 e. The number of anilines is 1. The highest BCUT2D eigenvalue weighted by Crippen LogP contribution is 2.28. The van der Waals surface area contributed by atoms with Crippen molar-refractivity contribution in [2.24, 2.45) is 0 Å². The molecule has 0 bridgehead atoms. The summed E-state index contributed by atoms with van der Waals surface area (Å²) in [5.41, 5.74) is 2.60. The lowest BCUT2D eigenvalue weighted by Gasteiger charge is -2.14. The topological polar surface area (TPSA) is 37.4 Å². The zero-order chi connectivity index (χ0) is 10.8. The number of nitrogens with zero attached hydrogens (tertiary/aromatic N) is 1. The summed E-state index contributed by atoms with van der Waals surface area (Å²) in [6.07, 6.45) is 2.93. The van der Waals surface area contributed by atoms with Gasteiger partial charge in [0, 0.05) is 17.8 Å². The molecule has 2 rings (SSSR count). The summed E-state index contributed by atoms with van der Waals surface area (Å²) in [4.78, 5) is 23.7. The lowest BCUT2D eigenvalue weighted by atomic mass is 10.1. The molecule has 0 aliphatic carbocycles. The van der Waals surface area contributed by atoms with Crippen molar-refractivity contribution in [3.63, 3.8) is 0 Å². The van der Waals surface area contributed by atoms with E-state index in [2.05, 4.69) is 6.58 Å². The number of aldehydes is 1. The van der Waals surface area contributed by atoms with Crippen LogP contribution in [-0.4, -0.2) is 18.7 Å². The zero-order valence-corrected chi connectivity index (χ0v) is 8.27. The van der Waals surface area contributed by atoms with Crippen LogP contribution < -0.4 is 4.90 Å². The summed E-state index contributed by atoms with van der Waals surface area (Å²) in [6.45, 7) is 4.13. The van der Waals surface area contributed by atoms with Crippen molar-refractivity contribution >= 4 is 17.9 Å². The Morgan fingerprint density at radius 3 is 2.93 bits per heavy atom. The molecule has 1 aromatic carbocycles. The highest BCUT2D eigenvalue weighted by atomic mass is 16.2. The maximum atomic E-state index is 11.5. The van der Waals surface area contributed by atoms with Crippen LogP contribution in [0.2, 0.25) is 0 Å². The molecule has 0 aromatic heterocycles. The Kier molecular flexibility index (Phi) is 2.37. The molecule has 0 atom stereocenters. The number of fused-ring (bicyclic) bond motifs is 1. The van der Waals surface area contributed by atoms with Gasteiger partial charge in [-0.25, -0.2) is 0 Å². The second-order valence-corrected chi connectivity index (χ2v) is 3.45. The predicted octanol–water partition coefficient (Wildman–Crippen LogP) is 1.57. The first-order chi connectivity index (χ1) is 7.26. The van der Waals surface area contributed by atoms with E-state index in [9.17, 15) is 9.59 Å². The van der Waals surface area contributed by atoms with Gasteiger partial charge in [-0.15, -0.1) is 0 Å². The molecule has 1 aromatic rings. The van der Waals surface area contributed by atoms with Crippen molar-refractivity contribution in [1.82, 2.24) is 0 Å². The standard InChI is InChI=1S/C12H11NO2/c1-2-12(15)13-6-5-10-7-9(8-14)3-4-11(10)13/h2-4,7-8H,1,5-6H2. The summed E-state index contributed by atoms with van der Waals surface area (Å²) >= 11 is 0. The van der Waals surface area contributed by atoms with E-state index in [1.165, 1.54) is 6.08 Å². The zero-order valence-electron chi connectivity index (χ0n) is 8.27. The van der Waals surface area contributed by atoms with Crippen molar-refractivity contribution in [2.75, 3.05) is 11.4 Å². The Balaban J connectivity index is 2.39. The highest BCUT2D eigenvalue weighted by Gasteiger charge is 2.22. The van der Waals surface area contributed by atoms with Crippen LogP contribution in [0.15, 0.2) is 30.9 Å². The van der Waals surface area contributed by atoms with Crippen LogP contribution in [0.1, 0.15) is 15.9 Å². The Morgan fingerprint density at radius 2 is 2.27 bits per heavy atom. The third kappa shape index (κ3) is 1.56. The van der Waals surface area contributed by atoms with Crippen LogP contribution in [0.3, 0.4) is 0 Å². The smallest absolute Gasteiger partial charge is 0.250 e. The monoisotopic (exact) mass is 201 g/mol. The molecule has 0 fully saturated rings. The molecular weight excluding hydrogens is 190 g/mol. The molecule has 1 aliphatic rings. The number of benzene rings is 1. The lowest BCUT2D eigenvalue weighted by molar-refractivity contribution is -0.114. The number of hydrogen-bond donors (Lipinski definition) is 0. The molecule has 1 amide bonds. The summed E-state index contributed by atoms with van der Waals surface area (Å²) < 4.78 is 0. The molecule has 0 radical (unpaired) electrons. The maximum absolute atomic E-state index is 11.5. The SMILES string of the molecule is C=CC(=O)N1CCc2cc(C=O)ccc21. The average Bonchev–Trinajstić information content (AvgIpc) is 2.70. The largest absolute Gasteiger partial charge is 0.308 e. The molecule has 0 saturated heterocycles. The van der Waals surface area contributed by atoms with Crippen LogP contribution in [0.5, 0.6) is 0 Å². The van der Waals surface area contributed by atoms with Gasteiger partial charge in [-0.2, -0.15) is 0 Å². The number of carbonyl (C=O) groups excluding carboxylic acids is 2. The Hall–Kier alpha value is -1.90. The van der Waals surface area contributed by atoms with Gasteiger partial charge in [-0.1, -0.05) is 6.58 Å². The third-order valence-electron chi connectivity index (χ3n) is 2.58. The van der Waals surface area contributed by atoms with Gasteiger partial charge in [0.05, 0.1) is 0 Å². The first-order valence-electron chi connectivity index (χ1n) is 4.78. The third-order valence-corrected chi connectivity index (χ3v) is 2.58. The molecule has 0 spiro atoms. The molecule has 0 saturated carbocycles. The molecule has 1 aliphatic heterocycles. The fourth-order valence-corrected chi connectivity index (χ4v) is 1.83. The van der Waals surface area contributed by atoms with Crippen LogP contribution in [0, 0.1) is 0 Å². The normalized spacial score (nSPS) is 13.5. The quantitative estimate of drug-likeness (QED) is 0.538. The molecule has 3 nitrogen and oxygen atoms in total. The van der Waals surface area contributed by atoms with Crippen molar-refractivity contribution in [1.29, 1.82) is 0 Å². The van der Waals surface area contributed by atoms with Gasteiger partial charge in [0.25, 0.3) is 0 Å². The van der Waals surface area contributed by atoms with Gasteiger partial charge in [0.2, 0.25) is 5.91 Å². The van der Waals surface area contributed by atoms with Crippen molar-refractivity contribution < 1.29 is 9.59 Å². The molecular formula is C12H11NO2. The Morgan fingerprint density at radius 1 is 1.47 bits per heavy atom. The first kappa shape index (κ1) is 9.65. The molecule has 3 heteroatoms. The van der Waals surface area contributed by atoms with Gasteiger partial charge >= 0.3 is 0 Å². The van der Waals surface area contributed by atoms with Crippen molar-refractivity contribution in [3.8, 4) is 0 Å². The number of carbonyl (C=O) groups is 2. The minimum Gasteiger partial charge on any atom is -0.308 e. The fraction of sp³-hybridized carbons (Fsp3) is 0.167. The molecule has 1 heterocycles. The van der Waals surface area contributed by atoms with Crippen LogP contribution in [0.4, 0.5) is 5.69 Å². The Labute approximate surface area is 88.0 Å². The van der Waals surface area contributed by atoms with Crippen LogP contribution in [0.25, 0.3) is 0 Å². The molecule has 0 N–H and O–H groups in total. The van der Waals surface area contributed by atoms with E-state index in [1.54, 1.807) is 11.0 Å². The first-order valence-corrected chi connectivity index (χ1v) is 4.78. The van der Waals surface area contributed by atoms with E-state index >= 15 is 0 Å². The van der Waals surface area contributed by atoms with E-state index in [0.29, 0.717) is 12.1 Å². The van der Waals surface area contributed by atoms with Crippen LogP contribution >= 0.6 is 0 Å². The van der Waals surface area contributed by atoms with Gasteiger partial charge < -0.3 is 4.90 Å². The number of amides is 1. The van der Waals surface area contributed by atoms with Gasteiger partial charge in [-0.3, -0.25) is 9.59 Å². The highest BCUT2D eigenvalue weighted by molar-refractivity contribution is 6.02. The van der Waals surface area contributed by atoms with E-state index in [-0.39, 0.29) is 5.91 Å². The number of rotatable bonds is 2. The van der Waals surface area contributed by atoms with Gasteiger partial charge in [0.15, 0.2) is 0 Å². The average molecular weight is 201 g/mol. The van der Waals surface area contributed by atoms with E-state index < -0.39 is 0 Å². The van der Waals surface area contributed by atoms with Gasteiger partial charge in [-0.05, 0) is 36.3 Å². The lowest BCUT2D eigenvalue weighted by Crippen LogP contribution is -2.26. The second-order valence-electron chi connectivity index (χ2n) is 3.45. The summed E-state index contributed by atoms with van der Waals surface area (Å²) in [7, 11) is 0. The fourth-order valence-electron chi connectivity index (χ4n) is 1.83. The molecule has 76 valence electrons. The number of hydrogen-bond acceptors (Lipinski definition) is 2. The minimum absolute atomic E-state index is 0.0902. The predicted molar refractivity (Wildman–Crippen MR) is 58.1 cm³/mol. The van der Waals surface area contributed by atoms with Crippen molar-refractivity contribution in [2.45, 2.75) is 6.42 Å². The second kappa shape index (κ2) is 3.69. The van der Waals surface area contributed by atoms with E-state index in [4.69, 9.17) is 0 Å². The van der Waals surface area contributed by atoms with Gasteiger partial charge in [0.1, 0.15) is 6.29 Å². The Bertz CT molecular complexity index is 437. The summed E-state index contributed by atoms with van der Waals surface area (Å²) in [6, 6.07) is 5.37. The minimum atomic E-state index is -0.0902. The summed E-state index contributed by atoms with van der Waals surface area (Å²) in [5, 5.41) is 0. The van der Waals surface area contributed by atoms with Crippen LogP contribution in [-0.2, 0) is 11.2 Å². The van der Waals surface area contributed by atoms with Crippen molar-refractivity contribution in [3.05, 3.63) is 42.0 Å². The molecule has 0 unspecified atom stereocenters. The summed E-state index contributed by atoms with van der Waals surface area (Å²) in [5.74, 6) is -0.0902. The van der Waals surface area contributed by atoms with E-state index in [0.717, 1.165) is 24.0 Å². The van der Waals surface area contributed by atoms with E-state index in [1.807, 2.05) is 12.1 Å².